The smallest absolute Gasteiger partial charge is 0.234 e. The van der Waals surface area contributed by atoms with Crippen molar-refractivity contribution < 1.29 is 14.3 Å². The van der Waals surface area contributed by atoms with Gasteiger partial charge in [0.1, 0.15) is 11.5 Å². The molecule has 5 nitrogen and oxygen atoms in total. The van der Waals surface area contributed by atoms with Crippen LogP contribution < -0.4 is 20.1 Å². The second kappa shape index (κ2) is 8.72. The molecule has 138 valence electrons. The number of carbonyl (C=O) groups excluding carboxylic acids is 1. The molecule has 2 N–H and O–H groups in total. The zero-order valence-electron chi connectivity index (χ0n) is 15.3. The number of nitrogens with one attached hydrogen (secondary N) is 2. The Morgan fingerprint density at radius 1 is 1.04 bits per heavy atom. The highest BCUT2D eigenvalue weighted by Gasteiger charge is 2.22. The van der Waals surface area contributed by atoms with Gasteiger partial charge in [-0.2, -0.15) is 0 Å². The minimum absolute atomic E-state index is 0.0266. The van der Waals surface area contributed by atoms with Crippen molar-refractivity contribution in [1.29, 1.82) is 0 Å². The highest BCUT2D eigenvalue weighted by Crippen LogP contribution is 2.28. The predicted octanol–water partition coefficient (Wildman–Crippen LogP) is 2.91. The highest BCUT2D eigenvalue weighted by molar-refractivity contribution is 5.79. The van der Waals surface area contributed by atoms with E-state index in [2.05, 4.69) is 10.6 Å². The molecule has 0 unspecified atom stereocenters. The molecule has 5 heteroatoms. The molecule has 1 amide bonds. The molecule has 1 aliphatic rings. The van der Waals surface area contributed by atoms with Crippen LogP contribution >= 0.6 is 0 Å². The second-order valence-corrected chi connectivity index (χ2v) is 6.63. The third-order valence-corrected chi connectivity index (χ3v) is 4.58. The number of carbonyl (C=O) groups is 1. The summed E-state index contributed by atoms with van der Waals surface area (Å²) in [6.45, 7) is 1.23. The molecule has 1 fully saturated rings. The summed E-state index contributed by atoms with van der Waals surface area (Å²) in [5, 5.41) is 6.37. The molecule has 0 bridgehead atoms. The van der Waals surface area contributed by atoms with Gasteiger partial charge in [0, 0.05) is 0 Å². The van der Waals surface area contributed by atoms with Gasteiger partial charge in [-0.3, -0.25) is 4.79 Å². The molecule has 2 aromatic carbocycles. The van der Waals surface area contributed by atoms with Crippen LogP contribution in [-0.4, -0.2) is 33.2 Å². The molecule has 3 rings (SSSR count). The van der Waals surface area contributed by atoms with Crippen LogP contribution in [0.2, 0.25) is 0 Å². The van der Waals surface area contributed by atoms with Gasteiger partial charge in [-0.25, -0.2) is 0 Å². The Hall–Kier alpha value is -2.53. The van der Waals surface area contributed by atoms with Crippen molar-refractivity contribution in [3.05, 3.63) is 59.7 Å². The molecule has 26 heavy (non-hydrogen) atoms. The van der Waals surface area contributed by atoms with Crippen LogP contribution in [0, 0.1) is 5.92 Å². The van der Waals surface area contributed by atoms with E-state index in [1.807, 2.05) is 48.5 Å². The average Bonchev–Trinajstić information content (AvgIpc) is 3.50. The number of rotatable bonds is 9. The van der Waals surface area contributed by atoms with E-state index in [1.165, 1.54) is 12.8 Å². The Labute approximate surface area is 154 Å². The zero-order valence-corrected chi connectivity index (χ0v) is 15.3. The molecule has 0 spiro atoms. The molecule has 1 saturated carbocycles. The summed E-state index contributed by atoms with van der Waals surface area (Å²) >= 11 is 0. The number of ether oxygens (including phenoxy) is 2. The fourth-order valence-electron chi connectivity index (χ4n) is 2.93. The Morgan fingerprint density at radius 2 is 1.62 bits per heavy atom. The number of hydrogen-bond donors (Lipinski definition) is 2. The molecule has 0 atom stereocenters. The third-order valence-electron chi connectivity index (χ3n) is 4.58. The molecule has 2 aromatic rings. The van der Waals surface area contributed by atoms with Gasteiger partial charge in [0.15, 0.2) is 0 Å². The summed E-state index contributed by atoms with van der Waals surface area (Å²) in [4.78, 5) is 12.5. The lowest BCUT2D eigenvalue weighted by molar-refractivity contribution is -0.120. The lowest BCUT2D eigenvalue weighted by Crippen LogP contribution is -2.37. The van der Waals surface area contributed by atoms with Crippen LogP contribution in [0.5, 0.6) is 11.5 Å². The molecule has 0 heterocycles. The summed E-state index contributed by atoms with van der Waals surface area (Å²) < 4.78 is 10.7. The van der Waals surface area contributed by atoms with E-state index in [0.717, 1.165) is 35.1 Å². The van der Waals surface area contributed by atoms with Crippen molar-refractivity contribution in [3.63, 3.8) is 0 Å². The van der Waals surface area contributed by atoms with Crippen molar-refractivity contribution in [1.82, 2.24) is 10.6 Å². The summed E-state index contributed by atoms with van der Waals surface area (Å²) in [7, 11) is 3.28. The normalized spacial score (nSPS) is 13.5. The lowest BCUT2D eigenvalue weighted by Gasteiger charge is -2.21. The summed E-state index contributed by atoms with van der Waals surface area (Å²) in [6, 6.07) is 15.3. The maximum atomic E-state index is 12.5. The number of amides is 1. The van der Waals surface area contributed by atoms with Gasteiger partial charge < -0.3 is 20.1 Å². The van der Waals surface area contributed by atoms with Gasteiger partial charge in [0.25, 0.3) is 0 Å². The van der Waals surface area contributed by atoms with Crippen LogP contribution in [0.3, 0.4) is 0 Å². The fourth-order valence-corrected chi connectivity index (χ4v) is 2.93. The van der Waals surface area contributed by atoms with Gasteiger partial charge in [0.2, 0.25) is 5.91 Å². The first-order valence-corrected chi connectivity index (χ1v) is 8.97. The van der Waals surface area contributed by atoms with Crippen molar-refractivity contribution in [2.45, 2.75) is 18.9 Å². The summed E-state index contributed by atoms with van der Waals surface area (Å²) in [5.74, 6) is 2.24. The maximum Gasteiger partial charge on any atom is 0.234 e. The lowest BCUT2D eigenvalue weighted by atomic mass is 9.98. The SMILES string of the molecule is COc1cccc(C(NC(=O)CNCC2CC2)c2cccc(OC)c2)c1. The topological polar surface area (TPSA) is 59.6 Å². The zero-order chi connectivity index (χ0) is 18.4. The molecule has 0 aliphatic heterocycles. The highest BCUT2D eigenvalue weighted by atomic mass is 16.5. The fraction of sp³-hybridized carbons (Fsp3) is 0.381. The van der Waals surface area contributed by atoms with E-state index in [9.17, 15) is 4.79 Å². The molecule has 0 aromatic heterocycles. The molecule has 0 saturated heterocycles. The minimum atomic E-state index is -0.268. The molecule has 0 radical (unpaired) electrons. The second-order valence-electron chi connectivity index (χ2n) is 6.63. The van der Waals surface area contributed by atoms with Gasteiger partial charge in [-0.15, -0.1) is 0 Å². The van der Waals surface area contributed by atoms with E-state index in [1.54, 1.807) is 14.2 Å². The van der Waals surface area contributed by atoms with Crippen LogP contribution in [0.15, 0.2) is 48.5 Å². The predicted molar refractivity (Wildman–Crippen MR) is 102 cm³/mol. The Morgan fingerprint density at radius 3 is 2.12 bits per heavy atom. The van der Waals surface area contributed by atoms with Crippen LogP contribution in [0.1, 0.15) is 30.0 Å². The quantitative estimate of drug-likeness (QED) is 0.727. The van der Waals surface area contributed by atoms with E-state index >= 15 is 0 Å². The van der Waals surface area contributed by atoms with Crippen molar-refractivity contribution in [3.8, 4) is 11.5 Å². The summed E-state index contributed by atoms with van der Waals surface area (Å²) in [6.07, 6.45) is 2.54. The van der Waals surface area contributed by atoms with Crippen LogP contribution in [0.25, 0.3) is 0 Å². The van der Waals surface area contributed by atoms with Gasteiger partial charge in [-0.1, -0.05) is 24.3 Å². The minimum Gasteiger partial charge on any atom is -0.497 e. The largest absolute Gasteiger partial charge is 0.497 e. The van der Waals surface area contributed by atoms with Gasteiger partial charge >= 0.3 is 0 Å². The Bertz CT molecular complexity index is 696. The molecule has 1 aliphatic carbocycles. The Kier molecular flexibility index (Phi) is 6.12. The maximum absolute atomic E-state index is 12.5. The third kappa shape index (κ3) is 4.99. The van der Waals surface area contributed by atoms with Gasteiger partial charge in [-0.05, 0) is 60.7 Å². The van der Waals surface area contributed by atoms with E-state index in [4.69, 9.17) is 9.47 Å². The van der Waals surface area contributed by atoms with Crippen LogP contribution in [-0.2, 0) is 4.79 Å². The van der Waals surface area contributed by atoms with E-state index < -0.39 is 0 Å². The van der Waals surface area contributed by atoms with Crippen molar-refractivity contribution in [2.75, 3.05) is 27.3 Å². The van der Waals surface area contributed by atoms with Crippen LogP contribution in [0.4, 0.5) is 0 Å². The van der Waals surface area contributed by atoms with E-state index in [0.29, 0.717) is 6.54 Å². The van der Waals surface area contributed by atoms with Crippen molar-refractivity contribution in [2.24, 2.45) is 5.92 Å². The first-order valence-electron chi connectivity index (χ1n) is 8.97. The Balaban J connectivity index is 1.78. The van der Waals surface area contributed by atoms with Crippen molar-refractivity contribution >= 4 is 5.91 Å². The number of methoxy groups -OCH3 is 2. The molecular formula is C21H26N2O3. The standard InChI is InChI=1S/C21H26N2O3/c1-25-18-7-3-5-16(11-18)21(17-6-4-8-19(12-17)26-2)23-20(24)14-22-13-15-9-10-15/h3-8,11-12,15,21-22H,9-10,13-14H2,1-2H3,(H,23,24). The first-order chi connectivity index (χ1) is 12.7. The number of hydrogen-bond acceptors (Lipinski definition) is 4. The monoisotopic (exact) mass is 354 g/mol. The number of benzene rings is 2. The summed E-state index contributed by atoms with van der Waals surface area (Å²) in [5.41, 5.74) is 1.93. The first kappa shape index (κ1) is 18.3. The van der Waals surface area contributed by atoms with Gasteiger partial charge in [0.05, 0.1) is 26.8 Å². The molecular weight excluding hydrogens is 328 g/mol. The average molecular weight is 354 g/mol. The van der Waals surface area contributed by atoms with E-state index in [-0.39, 0.29) is 11.9 Å².